The molecule has 0 aromatic heterocycles. The quantitative estimate of drug-likeness (QED) is 0.416. The van der Waals surface area contributed by atoms with Gasteiger partial charge in [0.2, 0.25) is 0 Å². The standard InChI is InChI=1S/C17H29N3O3/c1-6-18-17(19-10-7-11-23-13(2)3)20-14-8-9-15(21-4)16(12-14)22-5/h8-9,12-13H,6-7,10-11H2,1-5H3,(H2,18,19,20). The Hall–Kier alpha value is -1.95. The molecular formula is C17H29N3O3. The van der Waals surface area contributed by atoms with Crippen LogP contribution in [0.15, 0.2) is 23.2 Å². The average Bonchev–Trinajstić information content (AvgIpc) is 2.54. The zero-order valence-corrected chi connectivity index (χ0v) is 14.8. The summed E-state index contributed by atoms with van der Waals surface area (Å²) in [5.74, 6) is 2.12. The van der Waals surface area contributed by atoms with Gasteiger partial charge in [0, 0.05) is 31.5 Å². The average molecular weight is 323 g/mol. The third-order valence-electron chi connectivity index (χ3n) is 3.01. The highest BCUT2D eigenvalue weighted by Gasteiger charge is 2.06. The number of guanidine groups is 1. The minimum absolute atomic E-state index is 0.261. The number of methoxy groups -OCH3 is 2. The van der Waals surface area contributed by atoms with Crippen LogP contribution < -0.4 is 20.1 Å². The fourth-order valence-electron chi connectivity index (χ4n) is 1.93. The second-order valence-corrected chi connectivity index (χ2v) is 5.23. The van der Waals surface area contributed by atoms with Crippen LogP contribution in [0, 0.1) is 0 Å². The van der Waals surface area contributed by atoms with Crippen molar-refractivity contribution in [3.63, 3.8) is 0 Å². The minimum atomic E-state index is 0.261. The fourth-order valence-corrected chi connectivity index (χ4v) is 1.93. The maximum atomic E-state index is 5.52. The zero-order chi connectivity index (χ0) is 17.1. The van der Waals surface area contributed by atoms with E-state index in [1.165, 1.54) is 0 Å². The first-order valence-electron chi connectivity index (χ1n) is 7.99. The molecule has 0 aliphatic heterocycles. The van der Waals surface area contributed by atoms with Gasteiger partial charge in [-0.25, -0.2) is 0 Å². The molecule has 0 fully saturated rings. The van der Waals surface area contributed by atoms with E-state index in [0.717, 1.165) is 31.2 Å². The van der Waals surface area contributed by atoms with Gasteiger partial charge in [0.05, 0.1) is 20.3 Å². The smallest absolute Gasteiger partial charge is 0.195 e. The van der Waals surface area contributed by atoms with Crippen molar-refractivity contribution in [3.05, 3.63) is 18.2 Å². The SMILES string of the molecule is CCNC(=NCCCOC(C)C)Nc1ccc(OC)c(OC)c1. The number of hydrogen-bond donors (Lipinski definition) is 2. The van der Waals surface area contributed by atoms with E-state index >= 15 is 0 Å². The van der Waals surface area contributed by atoms with Gasteiger partial charge < -0.3 is 24.8 Å². The molecule has 0 atom stereocenters. The number of benzene rings is 1. The number of nitrogens with zero attached hydrogens (tertiary/aromatic N) is 1. The van der Waals surface area contributed by atoms with Gasteiger partial charge in [-0.1, -0.05) is 0 Å². The van der Waals surface area contributed by atoms with Gasteiger partial charge in [-0.3, -0.25) is 4.99 Å². The Labute approximate surface area is 139 Å². The Morgan fingerprint density at radius 2 is 1.91 bits per heavy atom. The lowest BCUT2D eigenvalue weighted by molar-refractivity contribution is 0.0783. The minimum Gasteiger partial charge on any atom is -0.493 e. The first-order chi connectivity index (χ1) is 11.1. The number of rotatable bonds is 9. The maximum Gasteiger partial charge on any atom is 0.195 e. The van der Waals surface area contributed by atoms with Crippen molar-refractivity contribution in [2.45, 2.75) is 33.3 Å². The fraction of sp³-hybridized carbons (Fsp3) is 0.588. The molecule has 130 valence electrons. The molecular weight excluding hydrogens is 294 g/mol. The van der Waals surface area contributed by atoms with Crippen molar-refractivity contribution in [1.82, 2.24) is 5.32 Å². The van der Waals surface area contributed by atoms with Gasteiger partial charge in [-0.05, 0) is 39.3 Å². The summed E-state index contributed by atoms with van der Waals surface area (Å²) in [7, 11) is 3.24. The first-order valence-corrected chi connectivity index (χ1v) is 7.99. The summed E-state index contributed by atoms with van der Waals surface area (Å²) < 4.78 is 16.1. The van der Waals surface area contributed by atoms with Gasteiger partial charge in [-0.2, -0.15) is 0 Å². The van der Waals surface area contributed by atoms with E-state index in [2.05, 4.69) is 15.6 Å². The van der Waals surface area contributed by atoms with Crippen LogP contribution in [-0.4, -0.2) is 46.0 Å². The summed E-state index contributed by atoms with van der Waals surface area (Å²) in [6.07, 6.45) is 1.15. The van der Waals surface area contributed by atoms with E-state index in [1.807, 2.05) is 39.0 Å². The molecule has 23 heavy (non-hydrogen) atoms. The summed E-state index contributed by atoms with van der Waals surface area (Å²) >= 11 is 0. The normalized spacial score (nSPS) is 11.5. The Morgan fingerprint density at radius 3 is 2.52 bits per heavy atom. The highest BCUT2D eigenvalue weighted by molar-refractivity contribution is 5.93. The lowest BCUT2D eigenvalue weighted by Gasteiger charge is -2.14. The van der Waals surface area contributed by atoms with Crippen molar-refractivity contribution in [2.75, 3.05) is 39.2 Å². The van der Waals surface area contributed by atoms with Crippen molar-refractivity contribution < 1.29 is 14.2 Å². The molecule has 0 heterocycles. The lowest BCUT2D eigenvalue weighted by atomic mass is 10.3. The second kappa shape index (κ2) is 10.7. The number of nitrogens with one attached hydrogen (secondary N) is 2. The van der Waals surface area contributed by atoms with Gasteiger partial charge in [0.15, 0.2) is 17.5 Å². The molecule has 0 unspecified atom stereocenters. The Kier molecular flexibility index (Phi) is 8.90. The predicted molar refractivity (Wildman–Crippen MR) is 94.9 cm³/mol. The molecule has 0 saturated heterocycles. The molecule has 1 aromatic carbocycles. The molecule has 1 aromatic rings. The summed E-state index contributed by atoms with van der Waals surface area (Å²) in [6.45, 7) is 8.32. The molecule has 0 amide bonds. The molecule has 0 saturated carbocycles. The van der Waals surface area contributed by atoms with Gasteiger partial charge in [0.25, 0.3) is 0 Å². The number of anilines is 1. The number of hydrogen-bond acceptors (Lipinski definition) is 4. The van der Waals surface area contributed by atoms with Crippen LogP contribution >= 0.6 is 0 Å². The molecule has 0 spiro atoms. The monoisotopic (exact) mass is 323 g/mol. The van der Waals surface area contributed by atoms with Crippen molar-refractivity contribution in [2.24, 2.45) is 4.99 Å². The largest absolute Gasteiger partial charge is 0.493 e. The molecule has 0 bridgehead atoms. The van der Waals surface area contributed by atoms with E-state index in [1.54, 1.807) is 14.2 Å². The summed E-state index contributed by atoms with van der Waals surface area (Å²) in [4.78, 5) is 4.55. The number of ether oxygens (including phenoxy) is 3. The van der Waals surface area contributed by atoms with Crippen molar-refractivity contribution in [3.8, 4) is 11.5 Å². The van der Waals surface area contributed by atoms with Crippen LogP contribution in [-0.2, 0) is 4.74 Å². The topological polar surface area (TPSA) is 64.1 Å². The van der Waals surface area contributed by atoms with Crippen LogP contribution in [0.3, 0.4) is 0 Å². The molecule has 0 radical (unpaired) electrons. The highest BCUT2D eigenvalue weighted by atomic mass is 16.5. The highest BCUT2D eigenvalue weighted by Crippen LogP contribution is 2.29. The van der Waals surface area contributed by atoms with Crippen molar-refractivity contribution >= 4 is 11.6 Å². The molecule has 6 nitrogen and oxygen atoms in total. The van der Waals surface area contributed by atoms with E-state index in [0.29, 0.717) is 18.0 Å². The molecule has 0 aliphatic carbocycles. The van der Waals surface area contributed by atoms with Crippen LogP contribution in [0.2, 0.25) is 0 Å². The van der Waals surface area contributed by atoms with Crippen LogP contribution in [0.5, 0.6) is 11.5 Å². The zero-order valence-electron chi connectivity index (χ0n) is 14.8. The summed E-state index contributed by atoms with van der Waals surface area (Å²) in [5.41, 5.74) is 0.890. The van der Waals surface area contributed by atoms with E-state index in [4.69, 9.17) is 14.2 Å². The third kappa shape index (κ3) is 7.23. The van der Waals surface area contributed by atoms with Crippen LogP contribution in [0.4, 0.5) is 5.69 Å². The van der Waals surface area contributed by atoms with Gasteiger partial charge >= 0.3 is 0 Å². The maximum absolute atomic E-state index is 5.52. The van der Waals surface area contributed by atoms with Crippen LogP contribution in [0.1, 0.15) is 27.2 Å². The number of aliphatic imine (C=N–C) groups is 1. The lowest BCUT2D eigenvalue weighted by Crippen LogP contribution is -2.30. The first kappa shape index (κ1) is 19.1. The molecule has 1 rings (SSSR count). The molecule has 0 aliphatic rings. The molecule has 6 heteroatoms. The van der Waals surface area contributed by atoms with E-state index in [9.17, 15) is 0 Å². The van der Waals surface area contributed by atoms with Crippen LogP contribution in [0.25, 0.3) is 0 Å². The van der Waals surface area contributed by atoms with E-state index < -0.39 is 0 Å². The van der Waals surface area contributed by atoms with Gasteiger partial charge in [0.1, 0.15) is 0 Å². The Morgan fingerprint density at radius 1 is 1.17 bits per heavy atom. The second-order valence-electron chi connectivity index (χ2n) is 5.23. The Bertz CT molecular complexity index is 490. The Balaban J connectivity index is 2.64. The van der Waals surface area contributed by atoms with Crippen molar-refractivity contribution in [1.29, 1.82) is 0 Å². The third-order valence-corrected chi connectivity index (χ3v) is 3.01. The van der Waals surface area contributed by atoms with E-state index in [-0.39, 0.29) is 6.10 Å². The summed E-state index contributed by atoms with van der Waals surface area (Å²) in [6, 6.07) is 5.67. The van der Waals surface area contributed by atoms with Gasteiger partial charge in [-0.15, -0.1) is 0 Å². The summed E-state index contributed by atoms with van der Waals surface area (Å²) in [5, 5.41) is 6.49. The predicted octanol–water partition coefficient (Wildman–Crippen LogP) is 2.90. The molecule has 2 N–H and O–H groups in total.